The molecule has 1 aromatic rings. The molecule has 0 radical (unpaired) electrons. The molecule has 0 atom stereocenters. The molecule has 0 heterocycles. The van der Waals surface area contributed by atoms with Crippen molar-refractivity contribution in [2.75, 3.05) is 14.1 Å². The average molecular weight is 198 g/mol. The maximum absolute atomic E-state index is 8.52. The van der Waals surface area contributed by atoms with E-state index in [-0.39, 0.29) is 0 Å². The fourth-order valence-corrected chi connectivity index (χ4v) is 1.25. The molecule has 0 aliphatic heterocycles. The Morgan fingerprint density at radius 2 is 1.93 bits per heavy atom. The first-order chi connectivity index (χ1) is 7.24. The third kappa shape index (κ3) is 3.70. The minimum atomic E-state index is 1.03. The molecule has 0 aliphatic rings. The van der Waals surface area contributed by atoms with Gasteiger partial charge in [-0.2, -0.15) is 5.26 Å². The van der Waals surface area contributed by atoms with Crippen molar-refractivity contribution in [1.29, 1.82) is 5.26 Å². The summed E-state index contributed by atoms with van der Waals surface area (Å²) in [4.78, 5) is 1.96. The number of allylic oxidation sites excluding steroid dienone is 3. The smallest absolute Gasteiger partial charge is 0.0912 e. The van der Waals surface area contributed by atoms with Crippen LogP contribution in [0.3, 0.4) is 0 Å². The average Bonchev–Trinajstić information content (AvgIpc) is 2.25. The molecule has 0 aliphatic carbocycles. The van der Waals surface area contributed by atoms with Crippen LogP contribution in [0.15, 0.2) is 48.7 Å². The van der Waals surface area contributed by atoms with Crippen molar-refractivity contribution < 1.29 is 0 Å². The molecular weight excluding hydrogens is 184 g/mol. The lowest BCUT2D eigenvalue weighted by Crippen LogP contribution is -2.02. The van der Waals surface area contributed by atoms with Crippen molar-refractivity contribution in [1.82, 2.24) is 4.90 Å². The summed E-state index contributed by atoms with van der Waals surface area (Å²) in [6.07, 6.45) is 5.29. The van der Waals surface area contributed by atoms with E-state index < -0.39 is 0 Å². The quantitative estimate of drug-likeness (QED) is 0.551. The van der Waals surface area contributed by atoms with Gasteiger partial charge in [0.1, 0.15) is 0 Å². The predicted octanol–water partition coefficient (Wildman–Crippen LogP) is 2.67. The van der Waals surface area contributed by atoms with Crippen LogP contribution in [0.1, 0.15) is 5.56 Å². The van der Waals surface area contributed by atoms with E-state index >= 15 is 0 Å². The zero-order chi connectivity index (χ0) is 11.1. The minimum Gasteiger partial charge on any atom is -0.383 e. The molecule has 2 nitrogen and oxygen atoms in total. The van der Waals surface area contributed by atoms with Gasteiger partial charge >= 0.3 is 0 Å². The molecule has 0 spiro atoms. The molecular formula is C13H14N2. The zero-order valence-corrected chi connectivity index (χ0v) is 9.01. The van der Waals surface area contributed by atoms with E-state index in [1.54, 1.807) is 0 Å². The number of hydrogen-bond donors (Lipinski definition) is 0. The van der Waals surface area contributed by atoms with Gasteiger partial charge in [0.2, 0.25) is 0 Å². The summed E-state index contributed by atoms with van der Waals surface area (Å²) in [5, 5.41) is 8.52. The van der Waals surface area contributed by atoms with E-state index in [1.165, 1.54) is 6.08 Å². The lowest BCUT2D eigenvalue weighted by molar-refractivity contribution is 0.566. The highest BCUT2D eigenvalue weighted by atomic mass is 15.0. The monoisotopic (exact) mass is 198 g/mol. The molecule has 0 unspecified atom stereocenters. The Bertz CT molecular complexity index is 394. The molecule has 0 bridgehead atoms. The maximum atomic E-state index is 8.52. The van der Waals surface area contributed by atoms with Gasteiger partial charge in [0.05, 0.1) is 6.07 Å². The first-order valence-electron chi connectivity index (χ1n) is 4.74. The second kappa shape index (κ2) is 5.66. The van der Waals surface area contributed by atoms with Crippen LogP contribution in [0.4, 0.5) is 0 Å². The van der Waals surface area contributed by atoms with Gasteiger partial charge in [-0.3, -0.25) is 0 Å². The molecule has 15 heavy (non-hydrogen) atoms. The molecule has 1 rings (SSSR count). The van der Waals surface area contributed by atoms with Gasteiger partial charge in [0.15, 0.2) is 0 Å². The Labute approximate surface area is 90.8 Å². The summed E-state index contributed by atoms with van der Waals surface area (Å²) in [5.41, 5.74) is 2.14. The van der Waals surface area contributed by atoms with Crippen LogP contribution in [0.25, 0.3) is 5.57 Å². The van der Waals surface area contributed by atoms with Crippen molar-refractivity contribution in [2.24, 2.45) is 0 Å². The minimum absolute atomic E-state index is 1.03. The Morgan fingerprint density at radius 1 is 1.27 bits per heavy atom. The van der Waals surface area contributed by atoms with Crippen molar-refractivity contribution in [3.05, 3.63) is 54.2 Å². The fourth-order valence-electron chi connectivity index (χ4n) is 1.25. The second-order valence-corrected chi connectivity index (χ2v) is 3.38. The van der Waals surface area contributed by atoms with E-state index in [4.69, 9.17) is 5.26 Å². The summed E-state index contributed by atoms with van der Waals surface area (Å²) >= 11 is 0. The second-order valence-electron chi connectivity index (χ2n) is 3.38. The summed E-state index contributed by atoms with van der Waals surface area (Å²) in [7, 11) is 3.92. The number of nitriles is 1. The van der Waals surface area contributed by atoms with Gasteiger partial charge in [-0.25, -0.2) is 0 Å². The molecule has 0 fully saturated rings. The summed E-state index contributed by atoms with van der Waals surface area (Å²) in [6, 6.07) is 12.0. The van der Waals surface area contributed by atoms with Crippen molar-refractivity contribution >= 4 is 5.57 Å². The van der Waals surface area contributed by atoms with Crippen LogP contribution in [0.5, 0.6) is 0 Å². The van der Waals surface area contributed by atoms with Crippen LogP contribution in [0, 0.1) is 11.3 Å². The Morgan fingerprint density at radius 3 is 2.47 bits per heavy atom. The van der Waals surface area contributed by atoms with Crippen LogP contribution in [-0.2, 0) is 0 Å². The fraction of sp³-hybridized carbons (Fsp3) is 0.154. The molecule has 2 heteroatoms. The molecule has 0 saturated carbocycles. The molecule has 76 valence electrons. The summed E-state index contributed by atoms with van der Waals surface area (Å²) < 4.78 is 0. The zero-order valence-electron chi connectivity index (χ0n) is 9.01. The first kappa shape index (κ1) is 11.1. The van der Waals surface area contributed by atoms with Gasteiger partial charge in [-0.15, -0.1) is 0 Å². The lowest BCUT2D eigenvalue weighted by atomic mass is 10.1. The van der Waals surface area contributed by atoms with E-state index in [0.29, 0.717) is 0 Å². The van der Waals surface area contributed by atoms with Crippen LogP contribution < -0.4 is 0 Å². The topological polar surface area (TPSA) is 27.0 Å². The largest absolute Gasteiger partial charge is 0.383 e. The van der Waals surface area contributed by atoms with Gasteiger partial charge in [0, 0.05) is 26.4 Å². The van der Waals surface area contributed by atoms with E-state index in [9.17, 15) is 0 Å². The molecule has 1 aromatic carbocycles. The highest BCUT2D eigenvalue weighted by Crippen LogP contribution is 2.15. The number of hydrogen-bond acceptors (Lipinski definition) is 2. The van der Waals surface area contributed by atoms with E-state index in [0.717, 1.165) is 11.1 Å². The Kier molecular flexibility index (Phi) is 4.18. The van der Waals surface area contributed by atoms with E-state index in [2.05, 4.69) is 0 Å². The standard InChI is InChI=1S/C13H14N2/c1-15(2)11-13(9-6-10-14)12-7-4-3-5-8-12/h3-9,11H,1-2H3/b9-6+,13-11-. The molecule has 0 amide bonds. The van der Waals surface area contributed by atoms with Gasteiger partial charge in [-0.1, -0.05) is 30.3 Å². The Balaban J connectivity index is 3.03. The van der Waals surface area contributed by atoms with Crippen molar-refractivity contribution in [3.63, 3.8) is 0 Å². The number of nitrogens with zero attached hydrogens (tertiary/aromatic N) is 2. The van der Waals surface area contributed by atoms with Gasteiger partial charge in [0.25, 0.3) is 0 Å². The molecule has 0 aromatic heterocycles. The highest BCUT2D eigenvalue weighted by Gasteiger charge is 1.96. The Hall–Kier alpha value is -2.01. The maximum Gasteiger partial charge on any atom is 0.0912 e. The molecule has 0 saturated heterocycles. The summed E-state index contributed by atoms with van der Waals surface area (Å²) in [5.74, 6) is 0. The number of rotatable bonds is 3. The van der Waals surface area contributed by atoms with Crippen LogP contribution >= 0.6 is 0 Å². The highest BCUT2D eigenvalue weighted by molar-refractivity contribution is 5.74. The van der Waals surface area contributed by atoms with Crippen molar-refractivity contribution in [2.45, 2.75) is 0 Å². The third-order valence-corrected chi connectivity index (χ3v) is 1.84. The third-order valence-electron chi connectivity index (χ3n) is 1.84. The van der Waals surface area contributed by atoms with Gasteiger partial charge in [-0.05, 0) is 17.2 Å². The van der Waals surface area contributed by atoms with Crippen LogP contribution in [-0.4, -0.2) is 19.0 Å². The van der Waals surface area contributed by atoms with E-state index in [1.807, 2.05) is 67.7 Å². The first-order valence-corrected chi connectivity index (χ1v) is 4.74. The SMILES string of the molecule is CN(C)/C=C(/C=C/C#N)c1ccccc1. The lowest BCUT2D eigenvalue weighted by Gasteiger charge is -2.08. The van der Waals surface area contributed by atoms with Crippen molar-refractivity contribution in [3.8, 4) is 6.07 Å². The predicted molar refractivity (Wildman–Crippen MR) is 62.9 cm³/mol. The van der Waals surface area contributed by atoms with Gasteiger partial charge < -0.3 is 4.90 Å². The molecule has 0 N–H and O–H groups in total. The summed E-state index contributed by atoms with van der Waals surface area (Å²) in [6.45, 7) is 0. The van der Waals surface area contributed by atoms with Crippen LogP contribution in [0.2, 0.25) is 0 Å². The normalized spacial score (nSPS) is 11.4. The number of benzene rings is 1.